The molecule has 6 heteroatoms. The molecule has 0 radical (unpaired) electrons. The van der Waals surface area contributed by atoms with E-state index in [2.05, 4.69) is 11.7 Å². The van der Waals surface area contributed by atoms with Gasteiger partial charge in [0.25, 0.3) is 5.91 Å². The fourth-order valence-corrected chi connectivity index (χ4v) is 3.83. The number of carboxylic acids is 1. The molecule has 0 aliphatic heterocycles. The van der Waals surface area contributed by atoms with E-state index in [1.54, 1.807) is 18.2 Å². The first kappa shape index (κ1) is 18.6. The van der Waals surface area contributed by atoms with Crippen LogP contribution in [-0.2, 0) is 11.8 Å². The smallest absolute Gasteiger partial charge is 0.357 e. The Hall–Kier alpha value is -3.80. The zero-order valence-corrected chi connectivity index (χ0v) is 15.4. The number of halogens is 1. The topological polar surface area (TPSA) is 72.2 Å². The number of hydrogen-bond donors (Lipinski definition) is 1. The SMILES string of the molecule is C=CC(=O)n1nc(C(=O)O)c2c1CC(c1ccccc1)(c1ccc(F)cc1)C=C2. The van der Waals surface area contributed by atoms with Crippen LogP contribution in [0, 0.1) is 5.82 Å². The Morgan fingerprint density at radius 2 is 1.76 bits per heavy atom. The molecule has 0 fully saturated rings. The molecular weight excluding hydrogens is 371 g/mol. The van der Waals surface area contributed by atoms with Crippen molar-refractivity contribution >= 4 is 18.0 Å². The Morgan fingerprint density at radius 3 is 2.38 bits per heavy atom. The number of carboxylic acid groups (broad SMARTS) is 1. The highest BCUT2D eigenvalue weighted by Gasteiger charge is 2.39. The molecule has 1 N–H and O–H groups in total. The van der Waals surface area contributed by atoms with E-state index in [0.29, 0.717) is 11.3 Å². The van der Waals surface area contributed by atoms with Crippen molar-refractivity contribution in [2.75, 3.05) is 0 Å². The lowest BCUT2D eigenvalue weighted by Gasteiger charge is -2.35. The first-order valence-corrected chi connectivity index (χ1v) is 8.99. The second-order valence-electron chi connectivity index (χ2n) is 6.82. The van der Waals surface area contributed by atoms with Gasteiger partial charge in [-0.1, -0.05) is 61.2 Å². The largest absolute Gasteiger partial charge is 0.476 e. The minimum absolute atomic E-state index is 0.188. The first-order valence-electron chi connectivity index (χ1n) is 8.99. The van der Waals surface area contributed by atoms with E-state index in [0.717, 1.165) is 21.9 Å². The number of benzene rings is 2. The molecule has 1 unspecified atom stereocenters. The molecule has 1 heterocycles. The molecule has 1 aliphatic rings. The fourth-order valence-electron chi connectivity index (χ4n) is 3.83. The van der Waals surface area contributed by atoms with Crippen LogP contribution in [0.15, 0.2) is 73.3 Å². The van der Waals surface area contributed by atoms with Gasteiger partial charge in [-0.25, -0.2) is 9.18 Å². The van der Waals surface area contributed by atoms with Gasteiger partial charge in [-0.05, 0) is 29.3 Å². The Balaban J connectivity index is 1.97. The predicted octanol–water partition coefficient (Wildman–Crippen LogP) is 4.10. The van der Waals surface area contributed by atoms with Gasteiger partial charge in [-0.2, -0.15) is 9.78 Å². The van der Waals surface area contributed by atoms with Gasteiger partial charge in [-0.15, -0.1) is 0 Å². The molecule has 144 valence electrons. The van der Waals surface area contributed by atoms with Crippen LogP contribution < -0.4 is 0 Å². The van der Waals surface area contributed by atoms with Crippen molar-refractivity contribution in [2.24, 2.45) is 0 Å². The number of aromatic carboxylic acids is 1. The van der Waals surface area contributed by atoms with E-state index in [9.17, 15) is 19.1 Å². The van der Waals surface area contributed by atoms with Gasteiger partial charge in [0.15, 0.2) is 5.69 Å². The van der Waals surface area contributed by atoms with Gasteiger partial charge in [0.1, 0.15) is 5.82 Å². The minimum Gasteiger partial charge on any atom is -0.476 e. The Kier molecular flexibility index (Phi) is 4.47. The summed E-state index contributed by atoms with van der Waals surface area (Å²) < 4.78 is 14.7. The van der Waals surface area contributed by atoms with Crippen molar-refractivity contribution in [1.29, 1.82) is 0 Å². The first-order chi connectivity index (χ1) is 14.0. The van der Waals surface area contributed by atoms with E-state index < -0.39 is 17.3 Å². The van der Waals surface area contributed by atoms with E-state index in [-0.39, 0.29) is 17.9 Å². The van der Waals surface area contributed by atoms with Gasteiger partial charge in [0, 0.05) is 17.4 Å². The zero-order valence-electron chi connectivity index (χ0n) is 15.4. The van der Waals surface area contributed by atoms with Gasteiger partial charge in [-0.3, -0.25) is 4.79 Å². The van der Waals surface area contributed by atoms with Gasteiger partial charge in [0.2, 0.25) is 0 Å². The van der Waals surface area contributed by atoms with Crippen LogP contribution in [0.4, 0.5) is 4.39 Å². The third kappa shape index (κ3) is 2.99. The molecule has 1 aromatic heterocycles. The normalized spacial score (nSPS) is 17.6. The highest BCUT2D eigenvalue weighted by molar-refractivity contribution is 5.95. The van der Waals surface area contributed by atoms with Crippen LogP contribution in [-0.4, -0.2) is 26.8 Å². The summed E-state index contributed by atoms with van der Waals surface area (Å²) in [7, 11) is 0. The fraction of sp³-hybridized carbons (Fsp3) is 0.0870. The van der Waals surface area contributed by atoms with Crippen molar-refractivity contribution in [3.8, 4) is 0 Å². The molecule has 1 aliphatic carbocycles. The molecule has 5 nitrogen and oxygen atoms in total. The molecule has 2 aromatic carbocycles. The number of carbonyl (C=O) groups is 2. The maximum Gasteiger partial charge on any atom is 0.357 e. The molecule has 1 atom stereocenters. The predicted molar refractivity (Wildman–Crippen MR) is 106 cm³/mol. The Morgan fingerprint density at radius 1 is 1.10 bits per heavy atom. The number of hydrogen-bond acceptors (Lipinski definition) is 3. The van der Waals surface area contributed by atoms with Crippen LogP contribution >= 0.6 is 0 Å². The van der Waals surface area contributed by atoms with Crippen molar-refractivity contribution < 1.29 is 19.1 Å². The summed E-state index contributed by atoms with van der Waals surface area (Å²) in [5, 5.41) is 13.5. The maximum atomic E-state index is 13.6. The second kappa shape index (κ2) is 6.98. The zero-order chi connectivity index (χ0) is 20.6. The van der Waals surface area contributed by atoms with Gasteiger partial charge < -0.3 is 5.11 Å². The molecule has 29 heavy (non-hydrogen) atoms. The van der Waals surface area contributed by atoms with E-state index in [1.807, 2.05) is 36.4 Å². The Bertz CT molecular complexity index is 1150. The van der Waals surface area contributed by atoms with Crippen molar-refractivity contribution in [3.05, 3.63) is 107 Å². The number of allylic oxidation sites excluding steroid dienone is 2. The van der Waals surface area contributed by atoms with E-state index in [4.69, 9.17) is 0 Å². The summed E-state index contributed by atoms with van der Waals surface area (Å²) in [6.07, 6.45) is 4.96. The van der Waals surface area contributed by atoms with Crippen molar-refractivity contribution in [2.45, 2.75) is 11.8 Å². The summed E-state index contributed by atoms with van der Waals surface area (Å²) in [6.45, 7) is 3.48. The molecule has 3 aromatic rings. The lowest BCUT2D eigenvalue weighted by atomic mass is 9.68. The average molecular weight is 388 g/mol. The van der Waals surface area contributed by atoms with Crippen LogP contribution in [0.2, 0.25) is 0 Å². The summed E-state index contributed by atoms with van der Waals surface area (Å²) in [5.41, 5.74) is 1.72. The number of carbonyl (C=O) groups excluding carboxylic acids is 1. The summed E-state index contributed by atoms with van der Waals surface area (Å²) in [4.78, 5) is 24.0. The third-order valence-corrected chi connectivity index (χ3v) is 5.24. The van der Waals surface area contributed by atoms with Crippen LogP contribution in [0.1, 0.15) is 37.7 Å². The Labute approximate surface area is 166 Å². The number of fused-ring (bicyclic) bond motifs is 1. The second-order valence-corrected chi connectivity index (χ2v) is 6.82. The summed E-state index contributed by atoms with van der Waals surface area (Å²) in [6, 6.07) is 15.8. The molecular formula is C23H17FN2O3. The van der Waals surface area contributed by atoms with Crippen LogP contribution in [0.3, 0.4) is 0 Å². The van der Waals surface area contributed by atoms with Gasteiger partial charge >= 0.3 is 5.97 Å². The van der Waals surface area contributed by atoms with E-state index >= 15 is 0 Å². The highest BCUT2D eigenvalue weighted by atomic mass is 19.1. The lowest BCUT2D eigenvalue weighted by Crippen LogP contribution is -2.32. The van der Waals surface area contributed by atoms with Crippen molar-refractivity contribution in [1.82, 2.24) is 9.78 Å². The van der Waals surface area contributed by atoms with Crippen LogP contribution in [0.25, 0.3) is 6.08 Å². The third-order valence-electron chi connectivity index (χ3n) is 5.24. The summed E-state index contributed by atoms with van der Waals surface area (Å²) >= 11 is 0. The minimum atomic E-state index is -1.21. The molecule has 0 saturated heterocycles. The number of nitrogens with zero attached hydrogens (tertiary/aromatic N) is 2. The average Bonchev–Trinajstić information content (AvgIpc) is 3.13. The number of rotatable bonds is 4. The number of aromatic nitrogens is 2. The van der Waals surface area contributed by atoms with Gasteiger partial charge in [0.05, 0.1) is 5.69 Å². The molecule has 0 spiro atoms. The van der Waals surface area contributed by atoms with Crippen molar-refractivity contribution in [3.63, 3.8) is 0 Å². The molecule has 4 rings (SSSR count). The quantitative estimate of drug-likeness (QED) is 0.683. The molecule has 0 bridgehead atoms. The lowest BCUT2D eigenvalue weighted by molar-refractivity contribution is 0.0689. The molecule has 0 amide bonds. The van der Waals surface area contributed by atoms with Crippen LogP contribution in [0.5, 0.6) is 0 Å². The maximum absolute atomic E-state index is 13.6. The molecule has 0 saturated carbocycles. The van der Waals surface area contributed by atoms with E-state index in [1.165, 1.54) is 12.1 Å². The standard InChI is InChI=1S/C23H17FN2O3/c1-2-20(27)26-19-14-23(15-6-4-3-5-7-15,16-8-10-17(24)11-9-16)13-12-18(19)21(25-26)22(28)29/h2-13H,1,14H2,(H,28,29). The summed E-state index contributed by atoms with van der Waals surface area (Å²) in [5.74, 6) is -2.07. The highest BCUT2D eigenvalue weighted by Crippen LogP contribution is 2.42. The monoisotopic (exact) mass is 388 g/mol.